The minimum Gasteiger partial charge on any atom is -0.377 e. The van der Waals surface area contributed by atoms with E-state index in [0.717, 1.165) is 24.8 Å². The van der Waals surface area contributed by atoms with Crippen LogP contribution in [-0.4, -0.2) is 37.9 Å². The molecule has 1 aliphatic heterocycles. The highest BCUT2D eigenvalue weighted by molar-refractivity contribution is 7.53. The van der Waals surface area contributed by atoms with Crippen molar-refractivity contribution in [3.05, 3.63) is 71.8 Å². The zero-order valence-electron chi connectivity index (χ0n) is 18.5. The van der Waals surface area contributed by atoms with E-state index in [0.29, 0.717) is 31.8 Å². The molecule has 0 amide bonds. The highest BCUT2D eigenvalue weighted by Crippen LogP contribution is 2.52. The molecule has 0 aliphatic carbocycles. The van der Waals surface area contributed by atoms with Crippen LogP contribution in [0.1, 0.15) is 55.5 Å². The molecule has 1 fully saturated rings. The zero-order chi connectivity index (χ0) is 22.2. The molecule has 0 bridgehead atoms. The maximum absolute atomic E-state index is 14.1. The number of rotatable bonds is 11. The van der Waals surface area contributed by atoms with Crippen LogP contribution in [0.5, 0.6) is 0 Å². The Balaban J connectivity index is 2.09. The summed E-state index contributed by atoms with van der Waals surface area (Å²) >= 11 is 0. The molecule has 3 rings (SSSR count). The van der Waals surface area contributed by atoms with Gasteiger partial charge in [-0.3, -0.25) is 9.36 Å². The Morgan fingerprint density at radius 1 is 1.00 bits per heavy atom. The van der Waals surface area contributed by atoms with Gasteiger partial charge in [-0.05, 0) is 45.1 Å². The van der Waals surface area contributed by atoms with E-state index in [-0.39, 0.29) is 18.0 Å². The normalized spacial score (nSPS) is 19.0. The molecule has 1 heterocycles. The van der Waals surface area contributed by atoms with Crippen molar-refractivity contribution < 1.29 is 23.1 Å². The molecule has 2 unspecified atom stereocenters. The molecule has 168 valence electrons. The van der Waals surface area contributed by atoms with E-state index in [1.54, 1.807) is 13.8 Å². The van der Waals surface area contributed by atoms with Gasteiger partial charge in [-0.2, -0.15) is 0 Å². The molecule has 31 heavy (non-hydrogen) atoms. The van der Waals surface area contributed by atoms with Gasteiger partial charge in [0.25, 0.3) is 0 Å². The third kappa shape index (κ3) is 5.53. The molecule has 0 spiro atoms. The van der Waals surface area contributed by atoms with Crippen LogP contribution in [0.15, 0.2) is 60.7 Å². The largest absolute Gasteiger partial charge is 0.377 e. The monoisotopic (exact) mass is 444 g/mol. The number of carbonyl (C=O) groups excluding carboxylic acids is 1. The van der Waals surface area contributed by atoms with Gasteiger partial charge in [0.2, 0.25) is 0 Å². The summed E-state index contributed by atoms with van der Waals surface area (Å²) in [5.74, 6) is -0.00857. The standard InChI is InChI=1S/C25H33O5P/c1-3-29-31(27,30-4-2)20-18-25(22-15-9-6-10-16-22,23-17-11-12-19-28-23)24(26)21-13-7-5-8-14-21/h5-10,13-16,23H,3-4,11-12,17-20H2,1-2H3. The molecule has 1 saturated heterocycles. The van der Waals surface area contributed by atoms with Gasteiger partial charge >= 0.3 is 7.60 Å². The first-order valence-corrected chi connectivity index (χ1v) is 12.9. The van der Waals surface area contributed by atoms with Crippen LogP contribution in [0, 0.1) is 0 Å². The van der Waals surface area contributed by atoms with Crippen LogP contribution in [0.4, 0.5) is 0 Å². The quantitative estimate of drug-likeness (QED) is 0.313. The Bertz CT molecular complexity index is 854. The second-order valence-corrected chi connectivity index (χ2v) is 9.99. The zero-order valence-corrected chi connectivity index (χ0v) is 19.4. The average Bonchev–Trinajstić information content (AvgIpc) is 2.82. The molecule has 0 N–H and O–H groups in total. The van der Waals surface area contributed by atoms with Gasteiger partial charge in [-0.1, -0.05) is 60.7 Å². The summed E-state index contributed by atoms with van der Waals surface area (Å²) in [5, 5.41) is 0. The third-order valence-electron chi connectivity index (χ3n) is 5.89. The summed E-state index contributed by atoms with van der Waals surface area (Å²) in [6.45, 7) is 4.81. The average molecular weight is 445 g/mol. The lowest BCUT2D eigenvalue weighted by molar-refractivity contribution is -0.0295. The van der Waals surface area contributed by atoms with E-state index in [1.807, 2.05) is 60.7 Å². The van der Waals surface area contributed by atoms with E-state index in [1.165, 1.54) is 0 Å². The van der Waals surface area contributed by atoms with Gasteiger partial charge in [-0.15, -0.1) is 0 Å². The van der Waals surface area contributed by atoms with Gasteiger partial charge in [-0.25, -0.2) is 0 Å². The molecule has 2 aromatic carbocycles. The van der Waals surface area contributed by atoms with E-state index in [9.17, 15) is 9.36 Å². The number of ketones is 1. The van der Waals surface area contributed by atoms with Gasteiger partial charge in [0.05, 0.1) is 30.9 Å². The summed E-state index contributed by atoms with van der Waals surface area (Å²) in [5.41, 5.74) is 0.547. The van der Waals surface area contributed by atoms with Crippen LogP contribution in [0.3, 0.4) is 0 Å². The van der Waals surface area contributed by atoms with Crippen molar-refractivity contribution in [1.82, 2.24) is 0 Å². The second kappa shape index (κ2) is 11.2. The number of carbonyl (C=O) groups is 1. The minimum atomic E-state index is -3.33. The summed E-state index contributed by atoms with van der Waals surface area (Å²) in [6, 6.07) is 19.1. The van der Waals surface area contributed by atoms with Crippen LogP contribution in [0.25, 0.3) is 0 Å². The lowest BCUT2D eigenvalue weighted by atomic mass is 9.67. The van der Waals surface area contributed by atoms with Crippen molar-refractivity contribution >= 4 is 13.4 Å². The maximum Gasteiger partial charge on any atom is 0.330 e. The Morgan fingerprint density at radius 3 is 2.16 bits per heavy atom. The smallest absolute Gasteiger partial charge is 0.330 e. The van der Waals surface area contributed by atoms with Crippen LogP contribution in [-0.2, 0) is 23.8 Å². The summed E-state index contributed by atoms with van der Waals surface area (Å²) in [6.07, 6.45) is 2.94. The number of hydrogen-bond acceptors (Lipinski definition) is 5. The molecule has 6 heteroatoms. The highest BCUT2D eigenvalue weighted by Gasteiger charge is 2.49. The SMILES string of the molecule is CCOP(=O)(CCC(C(=O)c1ccccc1)(c1ccccc1)C1CCCCO1)OCC. The Kier molecular flexibility index (Phi) is 8.62. The summed E-state index contributed by atoms with van der Waals surface area (Å²) in [7, 11) is -3.33. The van der Waals surface area contributed by atoms with Crippen molar-refractivity contribution in [3.8, 4) is 0 Å². The maximum atomic E-state index is 14.1. The van der Waals surface area contributed by atoms with E-state index in [2.05, 4.69) is 0 Å². The molecule has 2 aromatic rings. The van der Waals surface area contributed by atoms with Crippen LogP contribution >= 0.6 is 7.60 Å². The molecule has 0 radical (unpaired) electrons. The lowest BCUT2D eigenvalue weighted by Gasteiger charge is -2.42. The first-order chi connectivity index (χ1) is 15.1. The van der Waals surface area contributed by atoms with Gasteiger partial charge < -0.3 is 13.8 Å². The number of ether oxygens (including phenoxy) is 1. The molecular formula is C25H33O5P. The lowest BCUT2D eigenvalue weighted by Crippen LogP contribution is -2.50. The van der Waals surface area contributed by atoms with Crippen LogP contribution in [0.2, 0.25) is 0 Å². The van der Waals surface area contributed by atoms with Crippen molar-refractivity contribution in [1.29, 1.82) is 0 Å². The Hall–Kier alpha value is -1.78. The number of benzene rings is 2. The fourth-order valence-electron chi connectivity index (χ4n) is 4.47. The first kappa shape index (κ1) is 23.9. The van der Waals surface area contributed by atoms with Crippen molar-refractivity contribution in [2.45, 2.75) is 51.0 Å². The fourth-order valence-corrected chi connectivity index (χ4v) is 6.21. The Morgan fingerprint density at radius 2 is 1.61 bits per heavy atom. The van der Waals surface area contributed by atoms with E-state index < -0.39 is 13.0 Å². The first-order valence-electron chi connectivity index (χ1n) is 11.2. The summed E-state index contributed by atoms with van der Waals surface area (Å²) in [4.78, 5) is 14.1. The second-order valence-electron chi connectivity index (χ2n) is 7.81. The van der Waals surface area contributed by atoms with Crippen LogP contribution < -0.4 is 0 Å². The molecule has 1 aliphatic rings. The Labute approximate surface area is 185 Å². The van der Waals surface area contributed by atoms with Crippen molar-refractivity contribution in [2.75, 3.05) is 26.0 Å². The van der Waals surface area contributed by atoms with E-state index >= 15 is 0 Å². The molecule has 0 aromatic heterocycles. The molecule has 0 saturated carbocycles. The van der Waals surface area contributed by atoms with Crippen molar-refractivity contribution in [2.24, 2.45) is 0 Å². The topological polar surface area (TPSA) is 61.8 Å². The third-order valence-corrected chi connectivity index (χ3v) is 7.97. The van der Waals surface area contributed by atoms with Crippen molar-refractivity contribution in [3.63, 3.8) is 0 Å². The number of hydrogen-bond donors (Lipinski definition) is 0. The summed E-state index contributed by atoms with van der Waals surface area (Å²) < 4.78 is 30.7. The predicted octanol–water partition coefficient (Wildman–Crippen LogP) is 6.03. The van der Waals surface area contributed by atoms with E-state index in [4.69, 9.17) is 13.8 Å². The molecule has 5 nitrogen and oxygen atoms in total. The predicted molar refractivity (Wildman–Crippen MR) is 123 cm³/mol. The highest BCUT2D eigenvalue weighted by atomic mass is 31.2. The minimum absolute atomic E-state index is 0.00857. The molecule has 2 atom stereocenters. The van der Waals surface area contributed by atoms with Gasteiger partial charge in [0.15, 0.2) is 5.78 Å². The van der Waals surface area contributed by atoms with Gasteiger partial charge in [0, 0.05) is 12.2 Å². The number of Topliss-reactive ketones (excluding diaryl/α,β-unsaturated/α-hetero) is 1. The fraction of sp³-hybridized carbons (Fsp3) is 0.480. The molecular weight excluding hydrogens is 411 g/mol. The van der Waals surface area contributed by atoms with Gasteiger partial charge in [0.1, 0.15) is 0 Å².